The Hall–Kier alpha value is -0.400. The molecule has 1 aliphatic heterocycles. The summed E-state index contributed by atoms with van der Waals surface area (Å²) in [5, 5.41) is 77.3. The van der Waals surface area contributed by atoms with E-state index in [4.69, 9.17) is 14.6 Å². The third-order valence-corrected chi connectivity index (χ3v) is 4.59. The minimum absolute atomic E-state index is 0.0758. The zero-order chi connectivity index (χ0) is 17.4. The predicted molar refractivity (Wildman–Crippen MR) is 71.9 cm³/mol. The molecule has 9 atom stereocenters. The Bertz CT molecular complexity index is 393. The average Bonchev–Trinajstić information content (AvgIpc) is 2.80. The first kappa shape index (κ1) is 18.9. The first-order valence-corrected chi connectivity index (χ1v) is 7.39. The normalized spacial score (nSPS) is 51.1. The van der Waals surface area contributed by atoms with Crippen LogP contribution in [0.4, 0.5) is 0 Å². The Morgan fingerprint density at radius 1 is 0.870 bits per heavy atom. The maximum Gasteiger partial charge on any atom is 0.221 e. The molecule has 8 N–H and O–H groups in total. The summed E-state index contributed by atoms with van der Waals surface area (Å²) in [6.45, 7) is -1.98. The SMILES string of the molecule is OC[C@@H]1C[C@H](O[C@]2(CO)O[C@H](CO)[C@@H](O)[C@@H]2O)[C@H](O)[C@@H](O)[C@@H]1O. The van der Waals surface area contributed by atoms with E-state index in [2.05, 4.69) is 0 Å². The van der Waals surface area contributed by atoms with Gasteiger partial charge >= 0.3 is 0 Å². The molecule has 2 rings (SSSR count). The summed E-state index contributed by atoms with van der Waals surface area (Å²) in [4.78, 5) is 0. The van der Waals surface area contributed by atoms with Crippen molar-refractivity contribution in [3.63, 3.8) is 0 Å². The van der Waals surface area contributed by atoms with Gasteiger partial charge in [-0.25, -0.2) is 0 Å². The summed E-state index contributed by atoms with van der Waals surface area (Å²) < 4.78 is 10.7. The Labute approximate surface area is 132 Å². The molecule has 10 nitrogen and oxygen atoms in total. The lowest BCUT2D eigenvalue weighted by Gasteiger charge is -2.43. The van der Waals surface area contributed by atoms with Crippen molar-refractivity contribution in [2.24, 2.45) is 5.92 Å². The van der Waals surface area contributed by atoms with Gasteiger partial charge in [0.2, 0.25) is 5.79 Å². The molecule has 0 bridgehead atoms. The highest BCUT2D eigenvalue weighted by Crippen LogP contribution is 2.37. The van der Waals surface area contributed by atoms with Crippen molar-refractivity contribution in [2.75, 3.05) is 19.8 Å². The van der Waals surface area contributed by atoms with Gasteiger partial charge in [0.1, 0.15) is 37.1 Å². The first-order chi connectivity index (χ1) is 10.8. The van der Waals surface area contributed by atoms with Crippen LogP contribution >= 0.6 is 0 Å². The van der Waals surface area contributed by atoms with E-state index in [1.807, 2.05) is 0 Å². The summed E-state index contributed by atoms with van der Waals surface area (Å²) in [5.74, 6) is -2.88. The molecular formula is C13H24O10. The highest BCUT2D eigenvalue weighted by Gasteiger charge is 2.57. The van der Waals surface area contributed by atoms with Gasteiger partial charge in [-0.2, -0.15) is 0 Å². The van der Waals surface area contributed by atoms with Crippen molar-refractivity contribution in [3.8, 4) is 0 Å². The van der Waals surface area contributed by atoms with Gasteiger partial charge in [-0.15, -0.1) is 0 Å². The number of hydrogen-bond acceptors (Lipinski definition) is 10. The average molecular weight is 340 g/mol. The Morgan fingerprint density at radius 3 is 2.00 bits per heavy atom. The summed E-state index contributed by atoms with van der Waals surface area (Å²) in [7, 11) is 0. The van der Waals surface area contributed by atoms with Gasteiger partial charge < -0.3 is 50.3 Å². The zero-order valence-corrected chi connectivity index (χ0v) is 12.3. The molecule has 0 unspecified atom stereocenters. The summed E-state index contributed by atoms with van der Waals surface area (Å²) in [6, 6.07) is 0. The largest absolute Gasteiger partial charge is 0.396 e. The van der Waals surface area contributed by atoms with Crippen molar-refractivity contribution in [2.45, 2.75) is 54.9 Å². The van der Waals surface area contributed by atoms with Gasteiger partial charge in [0.25, 0.3) is 0 Å². The maximum atomic E-state index is 10.1. The molecule has 0 aromatic rings. The molecule has 23 heavy (non-hydrogen) atoms. The fraction of sp³-hybridized carbons (Fsp3) is 1.00. The van der Waals surface area contributed by atoms with Crippen LogP contribution in [-0.4, -0.2) is 109 Å². The molecular weight excluding hydrogens is 316 g/mol. The third-order valence-electron chi connectivity index (χ3n) is 4.59. The van der Waals surface area contributed by atoms with Crippen LogP contribution in [0.2, 0.25) is 0 Å². The number of rotatable bonds is 5. The fourth-order valence-corrected chi connectivity index (χ4v) is 3.10. The second kappa shape index (κ2) is 7.23. The van der Waals surface area contributed by atoms with E-state index in [9.17, 15) is 35.7 Å². The van der Waals surface area contributed by atoms with E-state index in [1.54, 1.807) is 0 Å². The van der Waals surface area contributed by atoms with Crippen molar-refractivity contribution in [1.82, 2.24) is 0 Å². The van der Waals surface area contributed by atoms with Gasteiger partial charge in [0, 0.05) is 12.5 Å². The van der Waals surface area contributed by atoms with Crippen LogP contribution in [0.1, 0.15) is 6.42 Å². The molecule has 1 aliphatic carbocycles. The Morgan fingerprint density at radius 2 is 1.52 bits per heavy atom. The van der Waals surface area contributed by atoms with E-state index in [1.165, 1.54) is 0 Å². The van der Waals surface area contributed by atoms with Crippen LogP contribution in [0.25, 0.3) is 0 Å². The highest BCUT2D eigenvalue weighted by molar-refractivity contribution is 5.00. The molecule has 10 heteroatoms. The van der Waals surface area contributed by atoms with Gasteiger partial charge in [0.15, 0.2) is 0 Å². The Balaban J connectivity index is 2.18. The van der Waals surface area contributed by atoms with Crippen molar-refractivity contribution >= 4 is 0 Å². The molecule has 1 saturated carbocycles. The summed E-state index contributed by atoms with van der Waals surface area (Å²) in [5.41, 5.74) is 0. The van der Waals surface area contributed by atoms with Gasteiger partial charge in [0.05, 0.1) is 18.8 Å². The molecule has 2 fully saturated rings. The van der Waals surface area contributed by atoms with E-state index >= 15 is 0 Å². The zero-order valence-electron chi connectivity index (χ0n) is 12.3. The van der Waals surface area contributed by atoms with E-state index < -0.39 is 74.3 Å². The first-order valence-electron chi connectivity index (χ1n) is 7.39. The van der Waals surface area contributed by atoms with Crippen LogP contribution in [0.3, 0.4) is 0 Å². The van der Waals surface area contributed by atoms with Gasteiger partial charge in [-0.1, -0.05) is 0 Å². The van der Waals surface area contributed by atoms with Crippen molar-refractivity contribution in [1.29, 1.82) is 0 Å². The maximum absolute atomic E-state index is 10.1. The molecule has 0 radical (unpaired) electrons. The quantitative estimate of drug-likeness (QED) is 0.242. The van der Waals surface area contributed by atoms with E-state index in [0.717, 1.165) is 0 Å². The van der Waals surface area contributed by atoms with E-state index in [0.29, 0.717) is 0 Å². The predicted octanol–water partition coefficient (Wildman–Crippen LogP) is -4.73. The molecule has 136 valence electrons. The fourth-order valence-electron chi connectivity index (χ4n) is 3.10. The van der Waals surface area contributed by atoms with Gasteiger partial charge in [-0.05, 0) is 6.42 Å². The summed E-state index contributed by atoms with van der Waals surface area (Å²) >= 11 is 0. The summed E-state index contributed by atoms with van der Waals surface area (Å²) in [6.07, 6.45) is -10.2. The molecule has 0 aromatic carbocycles. The molecule has 0 aromatic heterocycles. The van der Waals surface area contributed by atoms with Crippen LogP contribution in [-0.2, 0) is 9.47 Å². The standard InChI is InChI=1S/C13H24O10/c14-2-5-1-6(9(18)11(20)8(5)17)22-13(4-16)12(21)10(19)7(3-15)23-13/h5-12,14-21H,1-4H2/t5-,6-,7+,8+,9-,10+,11-,12-,13+/m0/s1. The topological polar surface area (TPSA) is 180 Å². The highest BCUT2D eigenvalue weighted by atomic mass is 16.7. The number of aliphatic hydroxyl groups excluding tert-OH is 8. The minimum Gasteiger partial charge on any atom is -0.396 e. The lowest BCUT2D eigenvalue weighted by atomic mass is 9.81. The molecule has 0 spiro atoms. The molecule has 0 amide bonds. The number of ether oxygens (including phenoxy) is 2. The number of hydrogen-bond donors (Lipinski definition) is 8. The lowest BCUT2D eigenvalue weighted by Crippen LogP contribution is -2.59. The van der Waals surface area contributed by atoms with Crippen molar-refractivity contribution in [3.05, 3.63) is 0 Å². The smallest absolute Gasteiger partial charge is 0.221 e. The van der Waals surface area contributed by atoms with E-state index in [-0.39, 0.29) is 6.42 Å². The second-order valence-corrected chi connectivity index (χ2v) is 6.05. The van der Waals surface area contributed by atoms with Crippen LogP contribution in [0, 0.1) is 5.92 Å². The second-order valence-electron chi connectivity index (χ2n) is 6.05. The number of aliphatic hydroxyl groups is 8. The van der Waals surface area contributed by atoms with Gasteiger partial charge in [-0.3, -0.25) is 0 Å². The lowest BCUT2D eigenvalue weighted by molar-refractivity contribution is -0.319. The Kier molecular flexibility index (Phi) is 5.95. The minimum atomic E-state index is -2.10. The van der Waals surface area contributed by atoms with Crippen molar-refractivity contribution < 1.29 is 50.3 Å². The monoisotopic (exact) mass is 340 g/mol. The molecule has 2 aliphatic rings. The van der Waals surface area contributed by atoms with Crippen LogP contribution in [0.15, 0.2) is 0 Å². The third kappa shape index (κ3) is 3.24. The van der Waals surface area contributed by atoms with Crippen LogP contribution in [0.5, 0.6) is 0 Å². The van der Waals surface area contributed by atoms with Crippen LogP contribution < -0.4 is 0 Å². The molecule has 1 saturated heterocycles. The molecule has 1 heterocycles.